The summed E-state index contributed by atoms with van der Waals surface area (Å²) in [7, 11) is 1.30. The fourth-order valence-corrected chi connectivity index (χ4v) is 5.85. The van der Waals surface area contributed by atoms with E-state index in [1.165, 1.54) is 13.2 Å². The first-order chi connectivity index (χ1) is 18.8. The Labute approximate surface area is 241 Å². The second kappa shape index (κ2) is 13.9. The second-order valence-electron chi connectivity index (χ2n) is 10.4. The molecule has 1 saturated carbocycles. The van der Waals surface area contributed by atoms with Gasteiger partial charge in [0.1, 0.15) is 5.84 Å². The molecule has 4 rings (SSSR count). The zero-order chi connectivity index (χ0) is 28.0. The van der Waals surface area contributed by atoms with Crippen molar-refractivity contribution >= 4 is 24.2 Å². The third-order valence-corrected chi connectivity index (χ3v) is 8.02. The minimum absolute atomic E-state index is 0. The SMILES string of the molecule is COC(=O)C1=C(C)N=C(C)N(CCCCN[C@H]2CC[C@@](C#N)(c3ccccc3)CC2)C1c1ccc(F)c(F)c1.Cl. The van der Waals surface area contributed by atoms with Crippen molar-refractivity contribution in [2.24, 2.45) is 4.99 Å². The van der Waals surface area contributed by atoms with E-state index in [2.05, 4.69) is 28.5 Å². The van der Waals surface area contributed by atoms with Crippen molar-refractivity contribution in [2.75, 3.05) is 20.2 Å². The molecule has 2 aromatic carbocycles. The van der Waals surface area contributed by atoms with Gasteiger partial charge in [-0.05, 0) is 82.2 Å². The first kappa shape index (κ1) is 31.3. The topological polar surface area (TPSA) is 77.7 Å². The van der Waals surface area contributed by atoms with Crippen LogP contribution in [0.1, 0.15) is 69.5 Å². The minimum atomic E-state index is -0.959. The number of carbonyl (C=O) groups is 1. The highest BCUT2D eigenvalue weighted by Crippen LogP contribution is 2.39. The number of hydrogen-bond donors (Lipinski definition) is 1. The summed E-state index contributed by atoms with van der Waals surface area (Å²) in [5.74, 6) is -1.72. The number of nitriles is 1. The van der Waals surface area contributed by atoms with Crippen LogP contribution in [0.4, 0.5) is 8.78 Å². The number of amidine groups is 1. The van der Waals surface area contributed by atoms with E-state index in [1.54, 1.807) is 6.92 Å². The summed E-state index contributed by atoms with van der Waals surface area (Å²) in [6.45, 7) is 5.00. The number of nitrogens with zero attached hydrogens (tertiary/aromatic N) is 3. The van der Waals surface area contributed by atoms with Crippen molar-refractivity contribution in [2.45, 2.75) is 69.9 Å². The average molecular weight is 571 g/mol. The molecule has 2 aliphatic rings. The molecule has 1 unspecified atom stereocenters. The van der Waals surface area contributed by atoms with Crippen LogP contribution in [-0.4, -0.2) is 42.9 Å². The van der Waals surface area contributed by atoms with Crippen LogP contribution in [0.25, 0.3) is 0 Å². The molecule has 1 fully saturated rings. The van der Waals surface area contributed by atoms with Gasteiger partial charge in [0, 0.05) is 12.6 Å². The van der Waals surface area contributed by atoms with Gasteiger partial charge < -0.3 is 15.0 Å². The quantitative estimate of drug-likeness (QED) is 0.279. The van der Waals surface area contributed by atoms with Crippen LogP contribution >= 0.6 is 12.4 Å². The predicted molar refractivity (Wildman–Crippen MR) is 154 cm³/mol. The standard InChI is InChI=1S/C31H36F2N4O2.ClH/c1-21-28(30(38)39-3)29(23-11-12-26(32)27(33)19-23)37(22(2)36-21)18-8-7-17-35-25-13-15-31(20-34,16-14-25)24-9-5-4-6-10-24;/h4-6,9-12,19,25,29,35H,7-8,13-18H2,1-3H3;1H/t25-,29?,31+;. The molecule has 0 aromatic heterocycles. The molecule has 0 saturated heterocycles. The number of rotatable bonds is 9. The van der Waals surface area contributed by atoms with Crippen molar-refractivity contribution in [3.63, 3.8) is 0 Å². The molecule has 40 heavy (non-hydrogen) atoms. The van der Waals surface area contributed by atoms with Crippen LogP contribution in [0.3, 0.4) is 0 Å². The Morgan fingerprint density at radius 3 is 2.45 bits per heavy atom. The number of ether oxygens (including phenoxy) is 1. The Morgan fingerprint density at radius 1 is 1.12 bits per heavy atom. The summed E-state index contributed by atoms with van der Waals surface area (Å²) in [6.07, 6.45) is 5.28. The van der Waals surface area contributed by atoms with Crippen LogP contribution in [0.15, 0.2) is 64.8 Å². The lowest BCUT2D eigenvalue weighted by molar-refractivity contribution is -0.136. The Balaban J connectivity index is 0.00000441. The molecule has 6 nitrogen and oxygen atoms in total. The molecular weight excluding hydrogens is 534 g/mol. The molecule has 1 N–H and O–H groups in total. The first-order valence-electron chi connectivity index (χ1n) is 13.6. The van der Waals surface area contributed by atoms with E-state index in [-0.39, 0.29) is 12.4 Å². The van der Waals surface area contributed by atoms with Crippen molar-refractivity contribution in [3.8, 4) is 6.07 Å². The molecule has 1 aliphatic carbocycles. The van der Waals surface area contributed by atoms with Crippen LogP contribution in [-0.2, 0) is 14.9 Å². The largest absolute Gasteiger partial charge is 0.466 e. The maximum absolute atomic E-state index is 14.2. The third kappa shape index (κ3) is 6.71. The zero-order valence-corrected chi connectivity index (χ0v) is 24.1. The molecule has 214 valence electrons. The Hall–Kier alpha value is -3.28. The first-order valence-corrected chi connectivity index (χ1v) is 13.6. The van der Waals surface area contributed by atoms with Crippen LogP contribution in [0.2, 0.25) is 0 Å². The van der Waals surface area contributed by atoms with Crippen LogP contribution < -0.4 is 5.32 Å². The van der Waals surface area contributed by atoms with Gasteiger partial charge >= 0.3 is 5.97 Å². The number of nitrogens with one attached hydrogen (secondary N) is 1. The molecule has 2 aromatic rings. The molecule has 0 bridgehead atoms. The Morgan fingerprint density at radius 2 is 1.82 bits per heavy atom. The van der Waals surface area contributed by atoms with E-state index in [4.69, 9.17) is 4.74 Å². The number of methoxy groups -OCH3 is 1. The normalized spacial score (nSPS) is 22.7. The van der Waals surface area contributed by atoms with Crippen LogP contribution in [0, 0.1) is 23.0 Å². The average Bonchev–Trinajstić information content (AvgIpc) is 2.95. The summed E-state index contributed by atoms with van der Waals surface area (Å²) in [6, 6.07) is 16.2. The van der Waals surface area contributed by atoms with Crippen LogP contribution in [0.5, 0.6) is 0 Å². The summed E-state index contributed by atoms with van der Waals surface area (Å²) in [5, 5.41) is 13.6. The number of allylic oxidation sites excluding steroid dienone is 1. The van der Waals surface area contributed by atoms with E-state index in [9.17, 15) is 18.8 Å². The fraction of sp³-hybridized carbons (Fsp3) is 0.452. The Kier molecular flexibility index (Phi) is 10.8. The highest BCUT2D eigenvalue weighted by molar-refractivity contribution is 5.95. The number of carbonyl (C=O) groups excluding carboxylic acids is 1. The maximum Gasteiger partial charge on any atom is 0.338 e. The van der Waals surface area contributed by atoms with Crippen molar-refractivity contribution < 1.29 is 18.3 Å². The highest BCUT2D eigenvalue weighted by atomic mass is 35.5. The molecule has 1 heterocycles. The molecule has 0 radical (unpaired) electrons. The molecule has 1 aliphatic heterocycles. The number of hydrogen-bond acceptors (Lipinski definition) is 6. The summed E-state index contributed by atoms with van der Waals surface area (Å²) >= 11 is 0. The van der Waals surface area contributed by atoms with E-state index >= 15 is 0 Å². The lowest BCUT2D eigenvalue weighted by Crippen LogP contribution is -2.41. The maximum atomic E-state index is 14.2. The molecular formula is C31H37ClF2N4O2. The highest BCUT2D eigenvalue weighted by Gasteiger charge is 2.37. The summed E-state index contributed by atoms with van der Waals surface area (Å²) in [5.41, 5.74) is 2.02. The number of esters is 1. The van der Waals surface area contributed by atoms with Gasteiger partial charge in [-0.25, -0.2) is 18.6 Å². The van der Waals surface area contributed by atoms with Crippen molar-refractivity contribution in [1.29, 1.82) is 5.26 Å². The molecule has 1 atom stereocenters. The Bertz CT molecular complexity index is 1280. The lowest BCUT2D eigenvalue weighted by atomic mass is 9.69. The van der Waals surface area contributed by atoms with Crippen molar-refractivity contribution in [1.82, 2.24) is 10.2 Å². The van der Waals surface area contributed by atoms with Gasteiger partial charge in [-0.15, -0.1) is 12.4 Å². The van der Waals surface area contributed by atoms with Gasteiger partial charge in [-0.1, -0.05) is 36.4 Å². The van der Waals surface area contributed by atoms with Crippen molar-refractivity contribution in [3.05, 3.63) is 82.6 Å². The number of halogens is 3. The third-order valence-electron chi connectivity index (χ3n) is 8.02. The zero-order valence-electron chi connectivity index (χ0n) is 23.3. The number of aliphatic imine (C=N–C) groups is 1. The van der Waals surface area contributed by atoms with E-state index in [1.807, 2.05) is 30.0 Å². The second-order valence-corrected chi connectivity index (χ2v) is 10.4. The lowest BCUT2D eigenvalue weighted by Gasteiger charge is -2.38. The van der Waals surface area contributed by atoms with Gasteiger partial charge in [0.2, 0.25) is 0 Å². The van der Waals surface area contributed by atoms with Gasteiger partial charge in [-0.3, -0.25) is 0 Å². The molecule has 9 heteroatoms. The predicted octanol–water partition coefficient (Wildman–Crippen LogP) is 6.38. The summed E-state index contributed by atoms with van der Waals surface area (Å²) < 4.78 is 32.9. The van der Waals surface area contributed by atoms with Gasteiger partial charge in [0.25, 0.3) is 0 Å². The number of benzene rings is 2. The van der Waals surface area contributed by atoms with Gasteiger partial charge in [0.05, 0.1) is 35.9 Å². The van der Waals surface area contributed by atoms with E-state index in [0.717, 1.165) is 62.8 Å². The van der Waals surface area contributed by atoms with E-state index in [0.29, 0.717) is 35.3 Å². The summed E-state index contributed by atoms with van der Waals surface area (Å²) in [4.78, 5) is 19.2. The monoisotopic (exact) mass is 570 g/mol. The minimum Gasteiger partial charge on any atom is -0.466 e. The van der Waals surface area contributed by atoms with Gasteiger partial charge in [0.15, 0.2) is 11.6 Å². The fourth-order valence-electron chi connectivity index (χ4n) is 5.85. The number of unbranched alkanes of at least 4 members (excludes halogenated alkanes) is 1. The van der Waals surface area contributed by atoms with Gasteiger partial charge in [-0.2, -0.15) is 5.26 Å². The molecule has 0 spiro atoms. The smallest absolute Gasteiger partial charge is 0.338 e. The molecule has 0 amide bonds. The van der Waals surface area contributed by atoms with E-state index < -0.39 is 29.1 Å².